The molecule has 2 aromatic heterocycles. The molecule has 3 aliphatic rings. The number of nitrogens with zero attached hydrogens (tertiary/aromatic N) is 3. The molecular weight excluding hydrogens is 552 g/mol. The molecule has 5 heterocycles. The largest absolute Gasteiger partial charge is 0.456 e. The number of aromatic amines is 1. The van der Waals surface area contributed by atoms with Gasteiger partial charge in [0.25, 0.3) is 6.01 Å². The first-order valence-electron chi connectivity index (χ1n) is 13.9. The number of pyridine rings is 1. The van der Waals surface area contributed by atoms with Gasteiger partial charge in [0.05, 0.1) is 30.5 Å². The average molecular weight is 589 g/mol. The second-order valence-electron chi connectivity index (χ2n) is 12.1. The molecule has 3 N–H and O–H groups in total. The zero-order valence-corrected chi connectivity index (χ0v) is 24.8. The van der Waals surface area contributed by atoms with Gasteiger partial charge in [-0.15, -0.1) is 0 Å². The van der Waals surface area contributed by atoms with Gasteiger partial charge in [0.1, 0.15) is 18.3 Å². The number of aliphatic hydroxyl groups excluding tert-OH is 2. The van der Waals surface area contributed by atoms with E-state index in [4.69, 9.17) is 35.5 Å². The molecule has 6 rings (SSSR count). The van der Waals surface area contributed by atoms with E-state index < -0.39 is 19.7 Å². The van der Waals surface area contributed by atoms with Crippen molar-refractivity contribution < 1.29 is 29.2 Å². The number of hydrogen-bond acceptors (Lipinski definition) is 9. The molecule has 1 aromatic carbocycles. The van der Waals surface area contributed by atoms with E-state index in [1.807, 2.05) is 30.3 Å². The zero-order valence-electron chi connectivity index (χ0n) is 23.0. The number of anilines is 1. The van der Waals surface area contributed by atoms with Crippen molar-refractivity contribution >= 4 is 36.5 Å². The number of fused-ring (bicyclic) bond motifs is 2. The summed E-state index contributed by atoms with van der Waals surface area (Å²) < 4.78 is 23.6. The minimum Gasteiger partial charge on any atom is -0.456 e. The summed E-state index contributed by atoms with van der Waals surface area (Å²) in [5.41, 5.74) is 3.87. The molecule has 3 fully saturated rings. The topological polar surface area (TPSA) is 122 Å². The summed E-state index contributed by atoms with van der Waals surface area (Å²) in [5, 5.41) is 20.0. The lowest BCUT2D eigenvalue weighted by atomic mass is 10.0. The van der Waals surface area contributed by atoms with Crippen LogP contribution in [0.2, 0.25) is 25.7 Å². The van der Waals surface area contributed by atoms with Crippen molar-refractivity contribution in [2.24, 2.45) is 0 Å². The van der Waals surface area contributed by atoms with Crippen molar-refractivity contribution in [3.8, 4) is 17.3 Å². The Balaban J connectivity index is 1.28. The van der Waals surface area contributed by atoms with Gasteiger partial charge in [-0.2, -0.15) is 4.98 Å². The van der Waals surface area contributed by atoms with E-state index in [9.17, 15) is 10.2 Å². The second-order valence-corrected chi connectivity index (χ2v) is 18.1. The number of hydrogen-bond donors (Lipinski definition) is 3. The molecule has 40 heavy (non-hydrogen) atoms. The highest BCUT2D eigenvalue weighted by Gasteiger charge is 2.48. The van der Waals surface area contributed by atoms with E-state index >= 15 is 0 Å². The zero-order chi connectivity index (χ0) is 28.0. The number of benzene rings is 1. The smallest absolute Gasteiger partial charge is 0.296 e. The molecule has 3 aromatic rings. The number of rotatable bonds is 9. The summed E-state index contributed by atoms with van der Waals surface area (Å²) in [4.78, 5) is 14.9. The molecule has 0 radical (unpaired) electrons. The molecule has 216 valence electrons. The maximum absolute atomic E-state index is 10.0. The normalized spacial score (nSPS) is 27.4. The highest BCUT2D eigenvalue weighted by Crippen LogP contribution is 2.36. The lowest BCUT2D eigenvalue weighted by Crippen LogP contribution is -2.34. The summed E-state index contributed by atoms with van der Waals surface area (Å²) in [6, 6.07) is 11.4. The average Bonchev–Trinajstić information content (AvgIpc) is 3.69. The number of imidazole rings is 1. The van der Waals surface area contributed by atoms with Crippen LogP contribution in [-0.2, 0) is 14.2 Å². The fourth-order valence-corrected chi connectivity index (χ4v) is 6.43. The Morgan fingerprint density at radius 2 is 1.90 bits per heavy atom. The summed E-state index contributed by atoms with van der Waals surface area (Å²) in [6.07, 6.45) is -1.28. The molecule has 12 heteroatoms. The molecule has 3 saturated heterocycles. The van der Waals surface area contributed by atoms with Gasteiger partial charge in [0, 0.05) is 44.6 Å². The maximum atomic E-state index is 10.0. The highest BCUT2D eigenvalue weighted by atomic mass is 35.5. The van der Waals surface area contributed by atoms with E-state index in [-0.39, 0.29) is 31.0 Å². The van der Waals surface area contributed by atoms with Crippen LogP contribution in [0.1, 0.15) is 17.5 Å². The Morgan fingerprint density at radius 1 is 1.12 bits per heavy atom. The molecule has 0 saturated carbocycles. The summed E-state index contributed by atoms with van der Waals surface area (Å²) in [7, 11) is -1.29. The Kier molecular flexibility index (Phi) is 7.81. The first kappa shape index (κ1) is 27.9. The minimum absolute atomic E-state index is 0.232. The Hall–Kier alpha value is -2.25. The van der Waals surface area contributed by atoms with Crippen molar-refractivity contribution in [1.29, 1.82) is 0 Å². The van der Waals surface area contributed by atoms with Crippen LogP contribution in [0.4, 0.5) is 5.69 Å². The Bertz CT molecular complexity index is 1330. The molecule has 6 atom stereocenters. The minimum atomic E-state index is -1.29. The molecule has 0 amide bonds. The standard InChI is InChI=1S/C28H37ClN4O6Si/c1-40(2,3)11-10-36-26(29)19-12-20-27(32-28(30-20)39-22-15-38-24-21(35)14-37-25(22)24)31-23(19)16-4-6-17(7-5-16)33-9-8-18(34)13-33/h4-7,12,18,21-22,24-26,34-35H,8-11,13-15H2,1-3H3,(H,30,31,32)/t18?,21-,22-,24-,25-,26?/m1/s1. The van der Waals surface area contributed by atoms with Gasteiger partial charge in [-0.1, -0.05) is 43.4 Å². The summed E-state index contributed by atoms with van der Waals surface area (Å²) >= 11 is 6.86. The second kappa shape index (κ2) is 11.2. The van der Waals surface area contributed by atoms with Crippen LogP contribution in [-0.4, -0.2) is 96.7 Å². The van der Waals surface area contributed by atoms with Gasteiger partial charge in [-0.25, -0.2) is 4.98 Å². The van der Waals surface area contributed by atoms with Gasteiger partial charge in [-0.05, 0) is 30.7 Å². The van der Waals surface area contributed by atoms with E-state index in [1.54, 1.807) is 0 Å². The van der Waals surface area contributed by atoms with Gasteiger partial charge < -0.3 is 39.0 Å². The van der Waals surface area contributed by atoms with Crippen LogP contribution in [0, 0.1) is 0 Å². The summed E-state index contributed by atoms with van der Waals surface area (Å²) in [6.45, 7) is 9.50. The number of alkyl halides is 1. The number of aromatic nitrogens is 3. The van der Waals surface area contributed by atoms with Crippen molar-refractivity contribution in [1.82, 2.24) is 15.0 Å². The molecule has 0 bridgehead atoms. The predicted octanol–water partition coefficient (Wildman–Crippen LogP) is 3.69. The number of nitrogens with one attached hydrogen (secondary N) is 1. The van der Waals surface area contributed by atoms with E-state index in [0.717, 1.165) is 35.8 Å². The molecule has 10 nitrogen and oxygen atoms in total. The highest BCUT2D eigenvalue weighted by molar-refractivity contribution is 6.76. The first-order chi connectivity index (χ1) is 19.1. The van der Waals surface area contributed by atoms with Gasteiger partial charge in [-0.3, -0.25) is 0 Å². The molecule has 0 aliphatic carbocycles. The predicted molar refractivity (Wildman–Crippen MR) is 155 cm³/mol. The van der Waals surface area contributed by atoms with Crippen LogP contribution >= 0.6 is 11.6 Å². The lowest BCUT2D eigenvalue weighted by molar-refractivity contribution is 0.00706. The number of β-amino-alcohol motifs (C(OH)–C–C–N with tert-alkyl or cyclic N) is 1. The monoisotopic (exact) mass is 588 g/mol. The van der Waals surface area contributed by atoms with E-state index in [1.165, 1.54) is 0 Å². The van der Waals surface area contributed by atoms with Crippen molar-refractivity contribution in [3.63, 3.8) is 0 Å². The van der Waals surface area contributed by atoms with Gasteiger partial charge >= 0.3 is 0 Å². The Morgan fingerprint density at radius 3 is 2.62 bits per heavy atom. The number of H-pyrrole nitrogens is 1. The fourth-order valence-electron chi connectivity index (χ4n) is 5.45. The molecule has 3 aliphatic heterocycles. The van der Waals surface area contributed by atoms with E-state index in [2.05, 4.69) is 34.5 Å². The number of halogens is 1. The van der Waals surface area contributed by atoms with Crippen LogP contribution in [0.3, 0.4) is 0 Å². The number of ether oxygens (including phenoxy) is 4. The third-order valence-corrected chi connectivity index (χ3v) is 9.82. The van der Waals surface area contributed by atoms with Crippen LogP contribution in [0.15, 0.2) is 30.3 Å². The van der Waals surface area contributed by atoms with E-state index in [0.29, 0.717) is 42.6 Å². The SMILES string of the molecule is C[Si](C)(C)CCOC(Cl)c1cc2[nH]c(O[C@@H]3CO[C@H]4[C@@H]3OC[C@H]4O)nc2nc1-c1ccc(N2CCC(O)C2)cc1. The van der Waals surface area contributed by atoms with Gasteiger partial charge in [0.2, 0.25) is 0 Å². The van der Waals surface area contributed by atoms with Gasteiger partial charge in [0.15, 0.2) is 17.3 Å². The van der Waals surface area contributed by atoms with Crippen LogP contribution in [0.25, 0.3) is 22.4 Å². The van der Waals surface area contributed by atoms with Crippen molar-refractivity contribution in [3.05, 3.63) is 35.9 Å². The molecule has 2 unspecified atom stereocenters. The fraction of sp³-hybridized carbons (Fsp3) is 0.571. The lowest BCUT2D eigenvalue weighted by Gasteiger charge is -2.20. The van der Waals surface area contributed by atoms with Crippen molar-refractivity contribution in [2.45, 2.75) is 68.2 Å². The molecular formula is C28H37ClN4O6Si. The van der Waals surface area contributed by atoms with Crippen LogP contribution in [0.5, 0.6) is 6.01 Å². The van der Waals surface area contributed by atoms with Crippen LogP contribution < -0.4 is 9.64 Å². The maximum Gasteiger partial charge on any atom is 0.296 e. The Labute approximate surface area is 239 Å². The first-order valence-corrected chi connectivity index (χ1v) is 18.1. The van der Waals surface area contributed by atoms with Crippen molar-refractivity contribution in [2.75, 3.05) is 37.8 Å². The number of aliphatic hydroxyl groups is 2. The molecule has 0 spiro atoms. The summed E-state index contributed by atoms with van der Waals surface area (Å²) in [5.74, 6) is 0. The quantitative estimate of drug-likeness (QED) is 0.254. The third kappa shape index (κ3) is 5.87. The third-order valence-electron chi connectivity index (χ3n) is 7.76.